The molecule has 3 aromatic rings. The van der Waals surface area contributed by atoms with Crippen LogP contribution in [0.1, 0.15) is 34.4 Å². The molecule has 3 heterocycles. The number of nitrogens with zero attached hydrogens (tertiary/aromatic N) is 3. The number of halogens is 1. The van der Waals surface area contributed by atoms with Gasteiger partial charge in [-0.2, -0.15) is 0 Å². The molecular weight excluding hydrogens is 353 g/mol. The van der Waals surface area contributed by atoms with Gasteiger partial charge in [0.15, 0.2) is 0 Å². The van der Waals surface area contributed by atoms with Crippen LogP contribution in [0.2, 0.25) is 0 Å². The number of aryl methyl sites for hydroxylation is 1. The van der Waals surface area contributed by atoms with Crippen molar-refractivity contribution in [2.24, 2.45) is 0 Å². The van der Waals surface area contributed by atoms with E-state index >= 15 is 0 Å². The van der Waals surface area contributed by atoms with Crippen LogP contribution in [0, 0.1) is 0 Å². The predicted molar refractivity (Wildman–Crippen MR) is 108 cm³/mol. The van der Waals surface area contributed by atoms with Gasteiger partial charge in [-0.15, -0.1) is 0 Å². The maximum atomic E-state index is 13.3. The summed E-state index contributed by atoms with van der Waals surface area (Å²) in [6, 6.07) is 7.88. The number of aliphatic hydroxyl groups is 1. The van der Waals surface area contributed by atoms with Gasteiger partial charge in [0.2, 0.25) is 0 Å². The molecule has 2 aromatic heterocycles. The van der Waals surface area contributed by atoms with Crippen LogP contribution in [0.5, 0.6) is 0 Å². The number of rotatable bonds is 3. The van der Waals surface area contributed by atoms with Crippen molar-refractivity contribution in [1.82, 2.24) is 14.5 Å². The zero-order valence-electron chi connectivity index (χ0n) is 16.3. The minimum atomic E-state index is -0.880. The summed E-state index contributed by atoms with van der Waals surface area (Å²) in [5.74, 6) is 0. The Morgan fingerprint density at radius 1 is 1.18 bits per heavy atom. The molecule has 4 nitrogen and oxygen atoms in total. The Hall–Kier alpha value is -2.24. The van der Waals surface area contributed by atoms with Gasteiger partial charge < -0.3 is 14.6 Å². The van der Waals surface area contributed by atoms with Gasteiger partial charge in [0.25, 0.3) is 0 Å². The van der Waals surface area contributed by atoms with Gasteiger partial charge >= 0.3 is 0 Å². The lowest BCUT2D eigenvalue weighted by Gasteiger charge is -2.27. The molecule has 0 spiro atoms. The molecule has 5 heteroatoms. The molecule has 0 bridgehead atoms. The van der Waals surface area contributed by atoms with Crippen molar-refractivity contribution in [3.63, 3.8) is 0 Å². The highest BCUT2D eigenvalue weighted by atomic mass is 19.1. The molecule has 1 aliphatic heterocycles. The van der Waals surface area contributed by atoms with Crippen molar-refractivity contribution in [3.8, 4) is 0 Å². The lowest BCUT2D eigenvalue weighted by atomic mass is 9.96. The molecule has 1 aliphatic carbocycles. The third-order valence-corrected chi connectivity index (χ3v) is 6.61. The molecule has 1 atom stereocenters. The molecular formula is C23H26FN3O. The summed E-state index contributed by atoms with van der Waals surface area (Å²) >= 11 is 0. The van der Waals surface area contributed by atoms with Gasteiger partial charge in [-0.1, -0.05) is 6.07 Å². The number of alkyl halides is 1. The maximum Gasteiger partial charge on any atom is 0.115 e. The van der Waals surface area contributed by atoms with E-state index in [1.807, 2.05) is 30.5 Å². The first kappa shape index (κ1) is 17.8. The number of aromatic nitrogens is 2. The van der Waals surface area contributed by atoms with Crippen LogP contribution in [-0.2, 0) is 38.1 Å². The zero-order valence-corrected chi connectivity index (χ0v) is 16.3. The summed E-state index contributed by atoms with van der Waals surface area (Å²) in [5.41, 5.74) is 5.73. The van der Waals surface area contributed by atoms with E-state index in [2.05, 4.69) is 21.5 Å². The highest BCUT2D eigenvalue weighted by Gasteiger charge is 2.38. The second-order valence-electron chi connectivity index (χ2n) is 8.36. The molecule has 1 aromatic carbocycles. The van der Waals surface area contributed by atoms with E-state index in [9.17, 15) is 9.50 Å². The van der Waals surface area contributed by atoms with E-state index in [1.54, 1.807) is 6.20 Å². The molecule has 5 rings (SSSR count). The summed E-state index contributed by atoms with van der Waals surface area (Å²) in [4.78, 5) is 6.57. The van der Waals surface area contributed by atoms with Crippen LogP contribution in [0.15, 0.2) is 36.7 Å². The highest BCUT2D eigenvalue weighted by Crippen LogP contribution is 2.40. The SMILES string of the molecule is CN1CCc2c(n(CC3(O)CCc4cnccc43)c3ccc(CF)cc23)CC1. The second kappa shape index (κ2) is 6.68. The number of fused-ring (bicyclic) bond motifs is 4. The summed E-state index contributed by atoms with van der Waals surface area (Å²) in [6.45, 7) is 2.09. The minimum Gasteiger partial charge on any atom is -0.383 e. The zero-order chi connectivity index (χ0) is 19.3. The van der Waals surface area contributed by atoms with E-state index in [1.165, 1.54) is 11.3 Å². The minimum absolute atomic E-state index is 0.444. The Bertz CT molecular complexity index is 1040. The van der Waals surface area contributed by atoms with E-state index in [-0.39, 0.29) is 0 Å². The molecule has 2 aliphatic rings. The first-order chi connectivity index (χ1) is 13.6. The second-order valence-corrected chi connectivity index (χ2v) is 8.36. The normalized spacial score (nSPS) is 22.2. The van der Waals surface area contributed by atoms with Gasteiger partial charge in [-0.3, -0.25) is 4.98 Å². The first-order valence-corrected chi connectivity index (χ1v) is 10.1. The molecule has 0 saturated heterocycles. The molecule has 28 heavy (non-hydrogen) atoms. The van der Waals surface area contributed by atoms with Gasteiger partial charge in [-0.25, -0.2) is 4.39 Å². The fraction of sp³-hybridized carbons (Fsp3) is 0.435. The van der Waals surface area contributed by atoms with Gasteiger partial charge in [0.05, 0.1) is 6.54 Å². The number of pyridine rings is 1. The first-order valence-electron chi connectivity index (χ1n) is 10.1. The number of benzene rings is 1. The largest absolute Gasteiger partial charge is 0.383 e. The van der Waals surface area contributed by atoms with Gasteiger partial charge in [0, 0.05) is 48.5 Å². The topological polar surface area (TPSA) is 41.3 Å². The van der Waals surface area contributed by atoms with Crippen molar-refractivity contribution in [2.75, 3.05) is 20.1 Å². The number of hydrogen-bond donors (Lipinski definition) is 1. The van der Waals surface area contributed by atoms with E-state index in [4.69, 9.17) is 0 Å². The fourth-order valence-corrected chi connectivity index (χ4v) is 5.05. The van der Waals surface area contributed by atoms with Crippen LogP contribution < -0.4 is 0 Å². The lowest BCUT2D eigenvalue weighted by Crippen LogP contribution is -2.30. The number of likely N-dealkylation sites (N-methyl/N-ethyl adjacent to an activating group) is 1. The molecule has 1 unspecified atom stereocenters. The van der Waals surface area contributed by atoms with E-state index < -0.39 is 12.3 Å². The average Bonchev–Trinajstić information content (AvgIpc) is 3.11. The van der Waals surface area contributed by atoms with Crippen molar-refractivity contribution < 1.29 is 9.50 Å². The monoisotopic (exact) mass is 379 g/mol. The van der Waals surface area contributed by atoms with Crippen LogP contribution >= 0.6 is 0 Å². The van der Waals surface area contributed by atoms with Crippen molar-refractivity contribution >= 4 is 10.9 Å². The predicted octanol–water partition coefficient (Wildman–Crippen LogP) is 3.37. The molecule has 0 fully saturated rings. The Labute approximate surface area is 164 Å². The van der Waals surface area contributed by atoms with Crippen molar-refractivity contribution in [1.29, 1.82) is 0 Å². The lowest BCUT2D eigenvalue weighted by molar-refractivity contribution is 0.0208. The quantitative estimate of drug-likeness (QED) is 0.759. The average molecular weight is 379 g/mol. The molecule has 0 radical (unpaired) electrons. The number of hydrogen-bond acceptors (Lipinski definition) is 3. The van der Waals surface area contributed by atoms with Crippen molar-refractivity contribution in [3.05, 3.63) is 64.6 Å². The smallest absolute Gasteiger partial charge is 0.115 e. The summed E-state index contributed by atoms with van der Waals surface area (Å²) in [7, 11) is 2.15. The molecule has 0 amide bonds. The summed E-state index contributed by atoms with van der Waals surface area (Å²) < 4.78 is 15.6. The Kier molecular flexibility index (Phi) is 4.25. The summed E-state index contributed by atoms with van der Waals surface area (Å²) in [5, 5.41) is 12.7. The molecule has 0 saturated carbocycles. The van der Waals surface area contributed by atoms with Crippen LogP contribution in [0.4, 0.5) is 4.39 Å². The van der Waals surface area contributed by atoms with Crippen LogP contribution in [-0.4, -0.2) is 39.7 Å². The van der Waals surface area contributed by atoms with Gasteiger partial charge in [-0.05, 0) is 66.8 Å². The maximum absolute atomic E-state index is 13.3. The third-order valence-electron chi connectivity index (χ3n) is 6.61. The molecule has 1 N–H and O–H groups in total. The fourth-order valence-electron chi connectivity index (χ4n) is 5.05. The van der Waals surface area contributed by atoms with E-state index in [0.717, 1.165) is 59.9 Å². The van der Waals surface area contributed by atoms with Gasteiger partial charge in [0.1, 0.15) is 12.3 Å². The Morgan fingerprint density at radius 2 is 2.04 bits per heavy atom. The standard InChI is InChI=1S/C23H26FN3O/c1-26-10-6-18-19-12-16(13-24)2-3-21(19)27(22(18)7-11-26)15-23(28)8-4-17-14-25-9-5-20(17)23/h2-3,5,9,12,14,28H,4,6-8,10-11,13,15H2,1H3. The van der Waals surface area contributed by atoms with Crippen LogP contribution in [0.25, 0.3) is 10.9 Å². The Morgan fingerprint density at radius 3 is 2.89 bits per heavy atom. The van der Waals surface area contributed by atoms with E-state index in [0.29, 0.717) is 13.0 Å². The van der Waals surface area contributed by atoms with Crippen molar-refractivity contribution in [2.45, 2.75) is 44.5 Å². The third kappa shape index (κ3) is 2.76. The Balaban J connectivity index is 1.65. The molecule has 146 valence electrons. The summed E-state index contributed by atoms with van der Waals surface area (Å²) in [6.07, 6.45) is 7.13. The van der Waals surface area contributed by atoms with Crippen LogP contribution in [0.3, 0.4) is 0 Å². The highest BCUT2D eigenvalue weighted by molar-refractivity contribution is 5.86.